The molecule has 1 N–H and O–H groups in total. The Kier molecular flexibility index (Phi) is 4.10. The van der Waals surface area contributed by atoms with Crippen molar-refractivity contribution in [3.63, 3.8) is 0 Å². The van der Waals surface area contributed by atoms with Crippen molar-refractivity contribution in [3.05, 3.63) is 0 Å². The van der Waals surface area contributed by atoms with Crippen molar-refractivity contribution in [1.29, 1.82) is 0 Å². The largest absolute Gasteiger partial charge is 0.359 e. The van der Waals surface area contributed by atoms with E-state index < -0.39 is 0 Å². The van der Waals surface area contributed by atoms with Gasteiger partial charge >= 0.3 is 0 Å². The third-order valence-corrected chi connectivity index (χ3v) is 1.60. The normalized spacial score (nSPS) is 9.78. The van der Waals surface area contributed by atoms with E-state index in [2.05, 4.69) is 5.32 Å². The SMILES string of the molecule is CCC(CC)C(=O)NC. The van der Waals surface area contributed by atoms with Crippen LogP contribution in [-0.2, 0) is 4.79 Å². The molecule has 0 radical (unpaired) electrons. The van der Waals surface area contributed by atoms with Crippen LogP contribution in [0.15, 0.2) is 0 Å². The number of rotatable bonds is 3. The molecule has 0 spiro atoms. The lowest BCUT2D eigenvalue weighted by molar-refractivity contribution is -0.124. The first-order valence-corrected chi connectivity index (χ1v) is 3.47. The van der Waals surface area contributed by atoms with E-state index in [-0.39, 0.29) is 11.8 Å². The molecule has 0 rings (SSSR count). The Bertz CT molecular complexity index is 86.9. The molecule has 0 saturated carbocycles. The monoisotopic (exact) mass is 129 g/mol. The van der Waals surface area contributed by atoms with Gasteiger partial charge in [-0.3, -0.25) is 4.79 Å². The Labute approximate surface area is 56.6 Å². The molecule has 0 heterocycles. The van der Waals surface area contributed by atoms with E-state index in [0.29, 0.717) is 0 Å². The zero-order valence-electron chi connectivity index (χ0n) is 6.40. The van der Waals surface area contributed by atoms with Gasteiger partial charge in [-0.25, -0.2) is 0 Å². The average molecular weight is 129 g/mol. The highest BCUT2D eigenvalue weighted by Gasteiger charge is 2.10. The van der Waals surface area contributed by atoms with Gasteiger partial charge in [0.15, 0.2) is 0 Å². The molecule has 0 aliphatic rings. The molecule has 54 valence electrons. The number of hydrogen-bond acceptors (Lipinski definition) is 1. The number of amides is 1. The summed E-state index contributed by atoms with van der Waals surface area (Å²) >= 11 is 0. The predicted molar refractivity (Wildman–Crippen MR) is 38.1 cm³/mol. The van der Waals surface area contributed by atoms with Gasteiger partial charge in [0.25, 0.3) is 0 Å². The van der Waals surface area contributed by atoms with Gasteiger partial charge in [0.05, 0.1) is 0 Å². The zero-order valence-corrected chi connectivity index (χ0v) is 6.40. The molecule has 0 aliphatic carbocycles. The molecule has 0 aromatic rings. The van der Waals surface area contributed by atoms with Gasteiger partial charge < -0.3 is 5.32 Å². The average Bonchev–Trinajstić information content (AvgIpc) is 1.90. The summed E-state index contributed by atoms with van der Waals surface area (Å²) in [4.78, 5) is 10.9. The van der Waals surface area contributed by atoms with Crippen molar-refractivity contribution >= 4 is 5.91 Å². The van der Waals surface area contributed by atoms with Crippen molar-refractivity contribution in [3.8, 4) is 0 Å². The lowest BCUT2D eigenvalue weighted by Crippen LogP contribution is -2.26. The third kappa shape index (κ3) is 2.49. The third-order valence-electron chi connectivity index (χ3n) is 1.60. The topological polar surface area (TPSA) is 29.1 Å². The van der Waals surface area contributed by atoms with Gasteiger partial charge in [0.1, 0.15) is 0 Å². The van der Waals surface area contributed by atoms with Crippen LogP contribution in [0.3, 0.4) is 0 Å². The first-order valence-electron chi connectivity index (χ1n) is 3.47. The van der Waals surface area contributed by atoms with E-state index in [0.717, 1.165) is 12.8 Å². The quantitative estimate of drug-likeness (QED) is 0.609. The summed E-state index contributed by atoms with van der Waals surface area (Å²) in [6.45, 7) is 4.06. The molecule has 0 aromatic carbocycles. The molecule has 0 bridgehead atoms. The Morgan fingerprint density at radius 1 is 1.44 bits per heavy atom. The van der Waals surface area contributed by atoms with Gasteiger partial charge in [-0.2, -0.15) is 0 Å². The Balaban J connectivity index is 3.64. The number of hydrogen-bond donors (Lipinski definition) is 1. The minimum Gasteiger partial charge on any atom is -0.359 e. The van der Waals surface area contributed by atoms with Crippen LogP contribution in [-0.4, -0.2) is 13.0 Å². The summed E-state index contributed by atoms with van der Waals surface area (Å²) in [6, 6.07) is 0. The zero-order chi connectivity index (χ0) is 7.28. The second-order valence-electron chi connectivity index (χ2n) is 2.13. The van der Waals surface area contributed by atoms with Crippen LogP contribution in [0.5, 0.6) is 0 Å². The second-order valence-corrected chi connectivity index (χ2v) is 2.13. The minimum absolute atomic E-state index is 0.167. The molecule has 2 heteroatoms. The van der Waals surface area contributed by atoms with Gasteiger partial charge in [-0.15, -0.1) is 0 Å². The maximum Gasteiger partial charge on any atom is 0.222 e. The highest BCUT2D eigenvalue weighted by Crippen LogP contribution is 2.05. The summed E-state index contributed by atoms with van der Waals surface area (Å²) in [5.74, 6) is 0.384. The van der Waals surface area contributed by atoms with E-state index in [4.69, 9.17) is 0 Å². The Morgan fingerprint density at radius 3 is 2.00 bits per heavy atom. The summed E-state index contributed by atoms with van der Waals surface area (Å²) in [6.07, 6.45) is 1.88. The summed E-state index contributed by atoms with van der Waals surface area (Å²) < 4.78 is 0. The van der Waals surface area contributed by atoms with Crippen LogP contribution in [0.25, 0.3) is 0 Å². The van der Waals surface area contributed by atoms with E-state index in [1.165, 1.54) is 0 Å². The van der Waals surface area contributed by atoms with Crippen LogP contribution >= 0.6 is 0 Å². The van der Waals surface area contributed by atoms with Gasteiger partial charge in [0.2, 0.25) is 5.91 Å². The van der Waals surface area contributed by atoms with E-state index in [1.807, 2.05) is 13.8 Å². The Hall–Kier alpha value is -0.530. The molecule has 0 aliphatic heterocycles. The molecular formula is C7H15NO. The van der Waals surface area contributed by atoms with E-state index in [9.17, 15) is 4.79 Å². The maximum atomic E-state index is 10.9. The summed E-state index contributed by atoms with van der Waals surface area (Å²) in [5.41, 5.74) is 0. The highest BCUT2D eigenvalue weighted by molar-refractivity contribution is 5.78. The fourth-order valence-corrected chi connectivity index (χ4v) is 0.864. The smallest absolute Gasteiger partial charge is 0.222 e. The standard InChI is InChI=1S/C7H15NO/c1-4-6(5-2)7(9)8-3/h6H,4-5H2,1-3H3,(H,8,9). The van der Waals surface area contributed by atoms with Crippen molar-refractivity contribution in [2.45, 2.75) is 26.7 Å². The van der Waals surface area contributed by atoms with E-state index >= 15 is 0 Å². The fourth-order valence-electron chi connectivity index (χ4n) is 0.864. The van der Waals surface area contributed by atoms with Crippen molar-refractivity contribution in [1.82, 2.24) is 5.32 Å². The van der Waals surface area contributed by atoms with Gasteiger partial charge in [0, 0.05) is 13.0 Å². The first-order chi connectivity index (χ1) is 4.26. The van der Waals surface area contributed by atoms with Crippen LogP contribution < -0.4 is 5.32 Å². The van der Waals surface area contributed by atoms with Crippen LogP contribution in [0.1, 0.15) is 26.7 Å². The predicted octanol–water partition coefficient (Wildman–Crippen LogP) is 1.17. The van der Waals surface area contributed by atoms with E-state index in [1.54, 1.807) is 7.05 Å². The molecule has 1 amide bonds. The van der Waals surface area contributed by atoms with Crippen LogP contribution in [0.2, 0.25) is 0 Å². The highest BCUT2D eigenvalue weighted by atomic mass is 16.1. The minimum atomic E-state index is 0.167. The van der Waals surface area contributed by atoms with Crippen molar-refractivity contribution in [2.75, 3.05) is 7.05 Å². The fraction of sp³-hybridized carbons (Fsp3) is 0.857. The van der Waals surface area contributed by atoms with Gasteiger partial charge in [-0.1, -0.05) is 13.8 Å². The van der Waals surface area contributed by atoms with Crippen LogP contribution in [0.4, 0.5) is 0 Å². The molecule has 0 fully saturated rings. The summed E-state index contributed by atoms with van der Waals surface area (Å²) in [5, 5.41) is 2.63. The number of carbonyl (C=O) groups excluding carboxylic acids is 1. The molecule has 0 saturated heterocycles. The van der Waals surface area contributed by atoms with Gasteiger partial charge in [-0.05, 0) is 12.8 Å². The number of nitrogens with one attached hydrogen (secondary N) is 1. The lowest BCUT2D eigenvalue weighted by Gasteiger charge is -2.08. The molecule has 9 heavy (non-hydrogen) atoms. The molecule has 2 nitrogen and oxygen atoms in total. The first kappa shape index (κ1) is 8.47. The molecular weight excluding hydrogens is 114 g/mol. The van der Waals surface area contributed by atoms with Crippen molar-refractivity contribution in [2.24, 2.45) is 5.92 Å². The van der Waals surface area contributed by atoms with Crippen molar-refractivity contribution < 1.29 is 4.79 Å². The molecule has 0 aromatic heterocycles. The molecule has 0 unspecified atom stereocenters. The maximum absolute atomic E-state index is 10.9. The number of carbonyl (C=O) groups is 1. The lowest BCUT2D eigenvalue weighted by atomic mass is 10.0. The summed E-state index contributed by atoms with van der Waals surface area (Å²) in [7, 11) is 1.68. The second kappa shape index (κ2) is 4.36. The van der Waals surface area contributed by atoms with Crippen LogP contribution in [0, 0.1) is 5.92 Å². The molecule has 0 atom stereocenters. The Morgan fingerprint density at radius 2 is 1.89 bits per heavy atom.